The zero-order valence-electron chi connectivity index (χ0n) is 11.8. The van der Waals surface area contributed by atoms with E-state index in [9.17, 15) is 8.42 Å². The Morgan fingerprint density at radius 3 is 2.53 bits per heavy atom. The van der Waals surface area contributed by atoms with Gasteiger partial charge in [-0.05, 0) is 31.4 Å². The second-order valence-electron chi connectivity index (χ2n) is 5.09. The van der Waals surface area contributed by atoms with Crippen LogP contribution in [-0.4, -0.2) is 26.0 Å². The van der Waals surface area contributed by atoms with Gasteiger partial charge >= 0.3 is 0 Å². The van der Waals surface area contributed by atoms with Crippen molar-refractivity contribution in [1.82, 2.24) is 0 Å². The van der Waals surface area contributed by atoms with E-state index in [0.717, 1.165) is 0 Å². The second kappa shape index (κ2) is 6.80. The molecule has 1 rings (SSSR count). The molecule has 0 spiro atoms. The molecule has 0 aliphatic carbocycles. The van der Waals surface area contributed by atoms with E-state index in [2.05, 4.69) is 0 Å². The highest BCUT2D eigenvalue weighted by Gasteiger charge is 2.23. The number of ether oxygens (including phenoxy) is 1. The molecule has 0 aliphatic rings. The lowest BCUT2D eigenvalue weighted by molar-refractivity contribution is 0.317. The summed E-state index contributed by atoms with van der Waals surface area (Å²) in [6.45, 7) is 5.99. The largest absolute Gasteiger partial charge is 0.493 e. The summed E-state index contributed by atoms with van der Waals surface area (Å²) in [4.78, 5) is 0. The first-order chi connectivity index (χ1) is 8.83. The molecule has 1 aromatic rings. The van der Waals surface area contributed by atoms with Gasteiger partial charge in [0.1, 0.15) is 5.75 Å². The minimum atomic E-state index is -3.03. The van der Waals surface area contributed by atoms with Gasteiger partial charge in [-0.25, -0.2) is 8.42 Å². The Hall–Kier alpha value is -1.23. The standard InChI is InChI=1S/C14H23NO3S/c1-11(2)12(3)19(16,17)9-5-8-18-14-7-4-6-13(15)10-14/h4,6-7,10-12H,5,8-9,15H2,1-3H3. The van der Waals surface area contributed by atoms with Crippen LogP contribution in [0.5, 0.6) is 5.75 Å². The molecule has 0 amide bonds. The average Bonchev–Trinajstić information content (AvgIpc) is 2.33. The number of sulfone groups is 1. The average molecular weight is 285 g/mol. The van der Waals surface area contributed by atoms with Gasteiger partial charge in [0.05, 0.1) is 17.6 Å². The van der Waals surface area contributed by atoms with E-state index in [0.29, 0.717) is 24.5 Å². The van der Waals surface area contributed by atoms with Gasteiger partial charge in [-0.2, -0.15) is 0 Å². The van der Waals surface area contributed by atoms with Crippen LogP contribution in [0.2, 0.25) is 0 Å². The van der Waals surface area contributed by atoms with E-state index in [1.54, 1.807) is 19.1 Å². The van der Waals surface area contributed by atoms with Gasteiger partial charge in [0.2, 0.25) is 0 Å². The molecule has 1 unspecified atom stereocenters. The summed E-state index contributed by atoms with van der Waals surface area (Å²) in [6.07, 6.45) is 0.494. The van der Waals surface area contributed by atoms with Crippen LogP contribution in [-0.2, 0) is 9.84 Å². The third-order valence-electron chi connectivity index (χ3n) is 3.21. The van der Waals surface area contributed by atoms with E-state index >= 15 is 0 Å². The minimum Gasteiger partial charge on any atom is -0.493 e. The highest BCUT2D eigenvalue weighted by atomic mass is 32.2. The molecule has 0 aliphatic heterocycles. The second-order valence-corrected chi connectivity index (χ2v) is 7.57. The zero-order chi connectivity index (χ0) is 14.5. The topological polar surface area (TPSA) is 69.4 Å². The van der Waals surface area contributed by atoms with Crippen LogP contribution in [0.4, 0.5) is 5.69 Å². The fourth-order valence-corrected chi connectivity index (χ4v) is 3.38. The third kappa shape index (κ3) is 5.11. The molecule has 0 aromatic heterocycles. The first-order valence-electron chi connectivity index (χ1n) is 6.53. The molecule has 4 nitrogen and oxygen atoms in total. The van der Waals surface area contributed by atoms with Crippen molar-refractivity contribution in [3.63, 3.8) is 0 Å². The number of nitrogen functional groups attached to an aromatic ring is 1. The Bertz CT molecular complexity index is 497. The smallest absolute Gasteiger partial charge is 0.153 e. The van der Waals surface area contributed by atoms with Crippen molar-refractivity contribution in [3.05, 3.63) is 24.3 Å². The van der Waals surface area contributed by atoms with Crippen molar-refractivity contribution in [2.45, 2.75) is 32.4 Å². The molecule has 2 N–H and O–H groups in total. The Morgan fingerprint density at radius 1 is 1.26 bits per heavy atom. The van der Waals surface area contributed by atoms with E-state index in [1.165, 1.54) is 0 Å². The Balaban J connectivity index is 2.39. The molecule has 108 valence electrons. The van der Waals surface area contributed by atoms with E-state index in [4.69, 9.17) is 10.5 Å². The molecular weight excluding hydrogens is 262 g/mol. The van der Waals surface area contributed by atoms with Crippen molar-refractivity contribution < 1.29 is 13.2 Å². The molecule has 0 saturated heterocycles. The highest BCUT2D eigenvalue weighted by Crippen LogP contribution is 2.16. The number of nitrogens with two attached hydrogens (primary N) is 1. The molecule has 1 atom stereocenters. The fourth-order valence-electron chi connectivity index (χ4n) is 1.66. The molecule has 19 heavy (non-hydrogen) atoms. The third-order valence-corrected chi connectivity index (χ3v) is 5.74. The van der Waals surface area contributed by atoms with Crippen molar-refractivity contribution in [1.29, 1.82) is 0 Å². The highest BCUT2D eigenvalue weighted by molar-refractivity contribution is 7.92. The molecule has 0 saturated carbocycles. The van der Waals surface area contributed by atoms with E-state index < -0.39 is 9.84 Å². The van der Waals surface area contributed by atoms with Crippen LogP contribution in [0.25, 0.3) is 0 Å². The first kappa shape index (κ1) is 15.8. The van der Waals surface area contributed by atoms with Crippen molar-refractivity contribution in [2.75, 3.05) is 18.1 Å². The van der Waals surface area contributed by atoms with E-state index in [-0.39, 0.29) is 16.9 Å². The van der Waals surface area contributed by atoms with Gasteiger partial charge in [-0.3, -0.25) is 0 Å². The zero-order valence-corrected chi connectivity index (χ0v) is 12.6. The minimum absolute atomic E-state index is 0.139. The summed E-state index contributed by atoms with van der Waals surface area (Å²) in [6, 6.07) is 7.12. The van der Waals surface area contributed by atoms with Gasteiger partial charge in [0.15, 0.2) is 9.84 Å². The predicted octanol–water partition coefficient (Wildman–Crippen LogP) is 2.50. The number of benzene rings is 1. The monoisotopic (exact) mass is 285 g/mol. The molecule has 1 aromatic carbocycles. The van der Waals surface area contributed by atoms with Crippen molar-refractivity contribution >= 4 is 15.5 Å². The molecule has 0 heterocycles. The van der Waals surface area contributed by atoms with Crippen molar-refractivity contribution in [2.24, 2.45) is 5.92 Å². The van der Waals surface area contributed by atoms with Crippen LogP contribution >= 0.6 is 0 Å². The van der Waals surface area contributed by atoms with Gasteiger partial charge in [0.25, 0.3) is 0 Å². The van der Waals surface area contributed by atoms with Crippen LogP contribution in [0.1, 0.15) is 27.2 Å². The molecule has 0 radical (unpaired) electrons. The van der Waals surface area contributed by atoms with Crippen LogP contribution in [0, 0.1) is 5.92 Å². The molecular formula is C14H23NO3S. The summed E-state index contributed by atoms with van der Waals surface area (Å²) in [5.74, 6) is 0.975. The number of rotatable bonds is 7. The number of hydrogen-bond donors (Lipinski definition) is 1. The molecule has 0 fully saturated rings. The Kier molecular flexibility index (Phi) is 5.66. The first-order valence-corrected chi connectivity index (χ1v) is 8.24. The normalized spacial score (nSPS) is 13.5. The Morgan fingerprint density at radius 2 is 1.95 bits per heavy atom. The van der Waals surface area contributed by atoms with Gasteiger partial charge < -0.3 is 10.5 Å². The lowest BCUT2D eigenvalue weighted by atomic mass is 10.2. The maximum absolute atomic E-state index is 12.0. The van der Waals surface area contributed by atoms with Crippen molar-refractivity contribution in [3.8, 4) is 5.75 Å². The molecule has 0 bridgehead atoms. The van der Waals surface area contributed by atoms with Crippen LogP contribution in [0.15, 0.2) is 24.3 Å². The molecule has 5 heteroatoms. The van der Waals surface area contributed by atoms with Crippen LogP contribution in [0.3, 0.4) is 0 Å². The van der Waals surface area contributed by atoms with Gasteiger partial charge in [-0.1, -0.05) is 19.9 Å². The summed E-state index contributed by atoms with van der Waals surface area (Å²) < 4.78 is 29.4. The predicted molar refractivity (Wildman–Crippen MR) is 79.1 cm³/mol. The van der Waals surface area contributed by atoms with Crippen LogP contribution < -0.4 is 10.5 Å². The lowest BCUT2D eigenvalue weighted by Crippen LogP contribution is -2.26. The van der Waals surface area contributed by atoms with E-state index in [1.807, 2.05) is 26.0 Å². The quantitative estimate of drug-likeness (QED) is 0.617. The summed E-state index contributed by atoms with van der Waals surface area (Å²) >= 11 is 0. The number of anilines is 1. The SMILES string of the molecule is CC(C)C(C)S(=O)(=O)CCCOc1cccc(N)c1. The maximum Gasteiger partial charge on any atom is 0.153 e. The summed E-state index contributed by atoms with van der Waals surface area (Å²) in [5.41, 5.74) is 6.27. The lowest BCUT2D eigenvalue weighted by Gasteiger charge is -2.16. The summed E-state index contributed by atoms with van der Waals surface area (Å²) in [7, 11) is -3.03. The fraction of sp³-hybridized carbons (Fsp3) is 0.571. The Labute approximate surface area is 115 Å². The number of hydrogen-bond acceptors (Lipinski definition) is 4. The maximum atomic E-state index is 12.0. The van der Waals surface area contributed by atoms with Gasteiger partial charge in [0, 0.05) is 11.8 Å². The van der Waals surface area contributed by atoms with Gasteiger partial charge in [-0.15, -0.1) is 0 Å². The summed E-state index contributed by atoms with van der Waals surface area (Å²) in [5, 5.41) is -0.306.